The molecule has 1 aromatic rings. The van der Waals surface area contributed by atoms with Gasteiger partial charge in [0.15, 0.2) is 0 Å². The number of pyridine rings is 1. The minimum Gasteiger partial charge on any atom is -0.477 e. The second kappa shape index (κ2) is 7.77. The van der Waals surface area contributed by atoms with E-state index in [0.29, 0.717) is 18.9 Å². The highest BCUT2D eigenvalue weighted by atomic mass is 16.5. The summed E-state index contributed by atoms with van der Waals surface area (Å²) in [5.74, 6) is 1.48. The molecular weight excluding hydrogens is 292 g/mol. The van der Waals surface area contributed by atoms with Gasteiger partial charge in [0.2, 0.25) is 11.8 Å². The Morgan fingerprint density at radius 1 is 1.39 bits per heavy atom. The first-order valence-corrected chi connectivity index (χ1v) is 8.66. The minimum atomic E-state index is 0.149. The van der Waals surface area contributed by atoms with Crippen molar-refractivity contribution in [3.8, 4) is 5.88 Å². The number of likely N-dealkylation sites (tertiary alicyclic amines) is 1. The average molecular weight is 318 g/mol. The van der Waals surface area contributed by atoms with Gasteiger partial charge < -0.3 is 14.4 Å². The number of nitrogens with zero attached hydrogens (tertiary/aromatic N) is 2. The molecule has 2 aliphatic rings. The van der Waals surface area contributed by atoms with Gasteiger partial charge in [0.1, 0.15) is 0 Å². The lowest BCUT2D eigenvalue weighted by Crippen LogP contribution is -2.40. The van der Waals surface area contributed by atoms with Gasteiger partial charge in [0, 0.05) is 31.5 Å². The van der Waals surface area contributed by atoms with Crippen LogP contribution in [0.2, 0.25) is 0 Å². The Labute approximate surface area is 138 Å². The molecule has 3 rings (SSSR count). The van der Waals surface area contributed by atoms with E-state index in [4.69, 9.17) is 9.47 Å². The van der Waals surface area contributed by atoms with Gasteiger partial charge in [-0.2, -0.15) is 0 Å². The SMILES string of the molecule is Cc1cccnc1OCC1CCN(C(=O)CC2CCCO2)CC1. The first-order chi connectivity index (χ1) is 11.2. The van der Waals surface area contributed by atoms with Crippen molar-refractivity contribution in [3.63, 3.8) is 0 Å². The van der Waals surface area contributed by atoms with E-state index < -0.39 is 0 Å². The lowest BCUT2D eigenvalue weighted by atomic mass is 9.97. The van der Waals surface area contributed by atoms with Crippen LogP contribution in [0.15, 0.2) is 18.3 Å². The Hall–Kier alpha value is -1.62. The van der Waals surface area contributed by atoms with E-state index in [1.54, 1.807) is 6.20 Å². The summed E-state index contributed by atoms with van der Waals surface area (Å²) in [5, 5.41) is 0. The topological polar surface area (TPSA) is 51.7 Å². The zero-order valence-electron chi connectivity index (χ0n) is 13.9. The number of rotatable bonds is 5. The molecule has 0 aliphatic carbocycles. The molecule has 2 fully saturated rings. The van der Waals surface area contributed by atoms with Crippen LogP contribution in [0.25, 0.3) is 0 Å². The van der Waals surface area contributed by atoms with Crippen LogP contribution < -0.4 is 4.74 Å². The maximum atomic E-state index is 12.3. The number of aromatic nitrogens is 1. The molecule has 0 N–H and O–H groups in total. The molecule has 126 valence electrons. The standard InChI is InChI=1S/C18H26N2O3/c1-14-4-2-8-19-18(14)23-13-15-6-9-20(10-7-15)17(21)12-16-5-3-11-22-16/h2,4,8,15-16H,3,5-7,9-13H2,1H3. The molecule has 0 aromatic carbocycles. The molecule has 1 amide bonds. The fourth-order valence-electron chi connectivity index (χ4n) is 3.30. The van der Waals surface area contributed by atoms with Gasteiger partial charge in [-0.05, 0) is 44.6 Å². The van der Waals surface area contributed by atoms with Crippen molar-refractivity contribution >= 4 is 5.91 Å². The lowest BCUT2D eigenvalue weighted by molar-refractivity contribution is -0.135. The number of amides is 1. The minimum absolute atomic E-state index is 0.149. The van der Waals surface area contributed by atoms with Crippen molar-refractivity contribution in [1.82, 2.24) is 9.88 Å². The smallest absolute Gasteiger partial charge is 0.225 e. The average Bonchev–Trinajstić information content (AvgIpc) is 3.07. The fraction of sp³-hybridized carbons (Fsp3) is 0.667. The Morgan fingerprint density at radius 2 is 2.22 bits per heavy atom. The van der Waals surface area contributed by atoms with Gasteiger partial charge >= 0.3 is 0 Å². The number of aryl methyl sites for hydroxylation is 1. The van der Waals surface area contributed by atoms with Crippen LogP contribution >= 0.6 is 0 Å². The Bertz CT molecular complexity index is 521. The number of hydrogen-bond acceptors (Lipinski definition) is 4. The van der Waals surface area contributed by atoms with Crippen molar-refractivity contribution in [2.24, 2.45) is 5.92 Å². The first-order valence-electron chi connectivity index (χ1n) is 8.66. The first kappa shape index (κ1) is 16.2. The van der Waals surface area contributed by atoms with E-state index in [9.17, 15) is 4.79 Å². The van der Waals surface area contributed by atoms with Crippen molar-refractivity contribution in [2.75, 3.05) is 26.3 Å². The van der Waals surface area contributed by atoms with Gasteiger partial charge in [-0.1, -0.05) is 6.07 Å². The third kappa shape index (κ3) is 4.44. The van der Waals surface area contributed by atoms with Crippen LogP contribution in [-0.4, -0.2) is 48.2 Å². The van der Waals surface area contributed by atoms with Crippen molar-refractivity contribution in [2.45, 2.75) is 45.1 Å². The fourth-order valence-corrected chi connectivity index (χ4v) is 3.30. The van der Waals surface area contributed by atoms with Crippen LogP contribution in [0.1, 0.15) is 37.7 Å². The second-order valence-electron chi connectivity index (χ2n) is 6.60. The van der Waals surface area contributed by atoms with Gasteiger partial charge in [-0.15, -0.1) is 0 Å². The largest absolute Gasteiger partial charge is 0.477 e. The van der Waals surface area contributed by atoms with Gasteiger partial charge in [-0.25, -0.2) is 4.98 Å². The van der Waals surface area contributed by atoms with Crippen LogP contribution in [0, 0.1) is 12.8 Å². The highest BCUT2D eigenvalue weighted by molar-refractivity contribution is 5.76. The second-order valence-corrected chi connectivity index (χ2v) is 6.60. The lowest BCUT2D eigenvalue weighted by Gasteiger charge is -2.32. The monoisotopic (exact) mass is 318 g/mol. The Morgan fingerprint density at radius 3 is 2.91 bits per heavy atom. The molecule has 5 nitrogen and oxygen atoms in total. The maximum absolute atomic E-state index is 12.3. The Kier molecular flexibility index (Phi) is 5.49. The van der Waals surface area contributed by atoms with Crippen LogP contribution in [0.4, 0.5) is 0 Å². The molecule has 0 spiro atoms. The molecule has 2 aliphatic heterocycles. The molecule has 1 atom stereocenters. The molecule has 1 unspecified atom stereocenters. The summed E-state index contributed by atoms with van der Waals surface area (Å²) < 4.78 is 11.4. The maximum Gasteiger partial charge on any atom is 0.225 e. The number of hydrogen-bond donors (Lipinski definition) is 0. The summed E-state index contributed by atoms with van der Waals surface area (Å²) in [6.45, 7) is 5.17. The summed E-state index contributed by atoms with van der Waals surface area (Å²) in [6, 6.07) is 3.93. The van der Waals surface area contributed by atoms with E-state index in [1.165, 1.54) is 0 Å². The Balaban J connectivity index is 1.39. The summed E-state index contributed by atoms with van der Waals surface area (Å²) in [4.78, 5) is 18.5. The van der Waals surface area contributed by atoms with Gasteiger partial charge in [0.05, 0.1) is 19.1 Å². The summed E-state index contributed by atoms with van der Waals surface area (Å²) in [5.41, 5.74) is 1.07. The zero-order chi connectivity index (χ0) is 16.1. The highest BCUT2D eigenvalue weighted by Gasteiger charge is 2.26. The van der Waals surface area contributed by atoms with Gasteiger partial charge in [0.25, 0.3) is 0 Å². The highest BCUT2D eigenvalue weighted by Crippen LogP contribution is 2.22. The molecule has 3 heterocycles. The summed E-state index contributed by atoms with van der Waals surface area (Å²) in [7, 11) is 0. The predicted octanol–water partition coefficient (Wildman–Crippen LogP) is 2.58. The van der Waals surface area contributed by atoms with E-state index >= 15 is 0 Å². The zero-order valence-corrected chi connectivity index (χ0v) is 13.9. The van der Waals surface area contributed by atoms with E-state index in [0.717, 1.165) is 56.8 Å². The molecular formula is C18H26N2O3. The van der Waals surface area contributed by atoms with Crippen LogP contribution in [0.5, 0.6) is 5.88 Å². The normalized spacial score (nSPS) is 22.3. The molecule has 5 heteroatoms. The van der Waals surface area contributed by atoms with E-state index in [2.05, 4.69) is 4.98 Å². The number of carbonyl (C=O) groups excluding carboxylic acids is 1. The predicted molar refractivity (Wildman–Crippen MR) is 87.4 cm³/mol. The third-order valence-electron chi connectivity index (χ3n) is 4.81. The van der Waals surface area contributed by atoms with E-state index in [1.807, 2.05) is 24.0 Å². The van der Waals surface area contributed by atoms with Crippen molar-refractivity contribution in [3.05, 3.63) is 23.9 Å². The summed E-state index contributed by atoms with van der Waals surface area (Å²) >= 11 is 0. The van der Waals surface area contributed by atoms with Crippen molar-refractivity contribution < 1.29 is 14.3 Å². The molecule has 0 radical (unpaired) electrons. The molecule has 0 saturated carbocycles. The van der Waals surface area contributed by atoms with Crippen LogP contribution in [0.3, 0.4) is 0 Å². The molecule has 23 heavy (non-hydrogen) atoms. The van der Waals surface area contributed by atoms with E-state index in [-0.39, 0.29) is 12.0 Å². The van der Waals surface area contributed by atoms with Crippen molar-refractivity contribution in [1.29, 1.82) is 0 Å². The van der Waals surface area contributed by atoms with Gasteiger partial charge in [-0.3, -0.25) is 4.79 Å². The quantitative estimate of drug-likeness (QED) is 0.837. The number of carbonyl (C=O) groups is 1. The number of piperidine rings is 1. The summed E-state index contributed by atoms with van der Waals surface area (Å²) in [6.07, 6.45) is 6.58. The van der Waals surface area contributed by atoms with Crippen LogP contribution in [-0.2, 0) is 9.53 Å². The third-order valence-corrected chi connectivity index (χ3v) is 4.81. The number of ether oxygens (including phenoxy) is 2. The molecule has 1 aromatic heterocycles. The molecule has 0 bridgehead atoms. The molecule has 2 saturated heterocycles.